The van der Waals surface area contributed by atoms with Crippen LogP contribution in [0.2, 0.25) is 5.02 Å². The molecule has 26 heavy (non-hydrogen) atoms. The van der Waals surface area contributed by atoms with Crippen molar-refractivity contribution in [2.24, 2.45) is 0 Å². The molecule has 0 aliphatic heterocycles. The number of Topliss-reactive ketones (excluding diaryl/α,β-unsaturated/α-hetero) is 1. The van der Waals surface area contributed by atoms with Gasteiger partial charge in [0.25, 0.3) is 11.7 Å². The minimum absolute atomic E-state index is 0.182. The summed E-state index contributed by atoms with van der Waals surface area (Å²) in [6.45, 7) is 1.89. The highest BCUT2D eigenvalue weighted by molar-refractivity contribution is 6.48. The second kappa shape index (κ2) is 7.41. The number of ether oxygens (including phenoxy) is 1. The molecule has 1 amide bonds. The van der Waals surface area contributed by atoms with Crippen LogP contribution in [0.5, 0.6) is 0 Å². The molecule has 0 unspecified atom stereocenters. The first kappa shape index (κ1) is 17.7. The van der Waals surface area contributed by atoms with Gasteiger partial charge in [0.1, 0.15) is 0 Å². The summed E-state index contributed by atoms with van der Waals surface area (Å²) in [6, 6.07) is 11.3. The van der Waals surface area contributed by atoms with Crippen LogP contribution in [0.4, 0.5) is 5.69 Å². The molecule has 0 saturated carbocycles. The van der Waals surface area contributed by atoms with E-state index in [1.54, 1.807) is 37.3 Å². The van der Waals surface area contributed by atoms with Gasteiger partial charge >= 0.3 is 5.97 Å². The number of para-hydroxylation sites is 1. The number of carbonyl (C=O) groups excluding carboxylic acids is 3. The lowest BCUT2D eigenvalue weighted by molar-refractivity contribution is -0.112. The minimum Gasteiger partial charge on any atom is -0.462 e. The largest absolute Gasteiger partial charge is 0.462 e. The number of amides is 1. The Kier molecular flexibility index (Phi) is 5.04. The lowest BCUT2D eigenvalue weighted by Crippen LogP contribution is -2.24. The van der Waals surface area contributed by atoms with Crippen molar-refractivity contribution < 1.29 is 19.1 Å². The number of anilines is 1. The second-order valence-corrected chi connectivity index (χ2v) is 5.88. The van der Waals surface area contributed by atoms with Gasteiger partial charge in [0.15, 0.2) is 0 Å². The molecule has 0 aliphatic carbocycles. The molecule has 0 fully saturated rings. The highest BCUT2D eigenvalue weighted by Gasteiger charge is 2.22. The monoisotopic (exact) mass is 370 g/mol. The van der Waals surface area contributed by atoms with E-state index in [2.05, 4.69) is 10.3 Å². The van der Waals surface area contributed by atoms with E-state index in [-0.39, 0.29) is 23.4 Å². The Morgan fingerprint density at radius 1 is 1.12 bits per heavy atom. The molecule has 1 heterocycles. The van der Waals surface area contributed by atoms with Crippen molar-refractivity contribution in [1.82, 2.24) is 4.98 Å². The Labute approximate surface area is 154 Å². The zero-order chi connectivity index (χ0) is 18.7. The molecule has 3 rings (SSSR count). The number of carbonyl (C=O) groups is 3. The molecule has 3 aromatic rings. The van der Waals surface area contributed by atoms with Gasteiger partial charge in [-0.3, -0.25) is 9.59 Å². The number of nitrogens with one attached hydrogen (secondary N) is 2. The topological polar surface area (TPSA) is 88.3 Å². The van der Waals surface area contributed by atoms with Crippen LogP contribution < -0.4 is 5.32 Å². The van der Waals surface area contributed by atoms with Gasteiger partial charge in [-0.15, -0.1) is 0 Å². The summed E-state index contributed by atoms with van der Waals surface area (Å²) < 4.78 is 4.96. The van der Waals surface area contributed by atoms with Crippen LogP contribution in [0, 0.1) is 0 Å². The lowest BCUT2D eigenvalue weighted by Gasteiger charge is -2.09. The first-order chi connectivity index (χ1) is 12.5. The maximum Gasteiger partial charge on any atom is 0.340 e. The number of fused-ring (bicyclic) bond motifs is 1. The van der Waals surface area contributed by atoms with Crippen molar-refractivity contribution in [3.8, 4) is 0 Å². The van der Waals surface area contributed by atoms with Gasteiger partial charge in [-0.2, -0.15) is 0 Å². The fraction of sp³-hybridized carbons (Fsp3) is 0.105. The quantitative estimate of drug-likeness (QED) is 0.406. The van der Waals surface area contributed by atoms with Crippen molar-refractivity contribution >= 4 is 45.9 Å². The van der Waals surface area contributed by atoms with E-state index in [0.29, 0.717) is 15.9 Å². The zero-order valence-electron chi connectivity index (χ0n) is 13.8. The number of ketones is 1. The van der Waals surface area contributed by atoms with Crippen LogP contribution >= 0.6 is 11.6 Å². The van der Waals surface area contributed by atoms with Crippen molar-refractivity contribution in [2.45, 2.75) is 6.92 Å². The Balaban J connectivity index is 1.86. The molecule has 0 bridgehead atoms. The first-order valence-electron chi connectivity index (χ1n) is 7.89. The standard InChI is InChI=1S/C19H15ClN2O4/c1-2-26-19(25)13-5-3-4-6-15(13)22-18(24)17(23)14-10-21-16-9-11(20)7-8-12(14)16/h3-10,21H,2H2,1H3,(H,22,24). The molecule has 2 aromatic carbocycles. The molecule has 0 saturated heterocycles. The molecular formula is C19H15ClN2O4. The number of esters is 1. The maximum atomic E-state index is 12.5. The normalized spacial score (nSPS) is 10.5. The predicted octanol–water partition coefficient (Wildman–Crippen LogP) is 3.82. The fourth-order valence-corrected chi connectivity index (χ4v) is 2.74. The van der Waals surface area contributed by atoms with Gasteiger partial charge < -0.3 is 15.0 Å². The van der Waals surface area contributed by atoms with E-state index in [1.807, 2.05) is 0 Å². The number of H-pyrrole nitrogens is 1. The van der Waals surface area contributed by atoms with E-state index in [0.717, 1.165) is 0 Å². The third-order valence-corrected chi connectivity index (χ3v) is 4.00. The Hall–Kier alpha value is -3.12. The first-order valence-corrected chi connectivity index (χ1v) is 8.27. The number of hydrogen-bond donors (Lipinski definition) is 2. The SMILES string of the molecule is CCOC(=O)c1ccccc1NC(=O)C(=O)c1c[nH]c2cc(Cl)ccc12. The summed E-state index contributed by atoms with van der Waals surface area (Å²) in [7, 11) is 0. The summed E-state index contributed by atoms with van der Waals surface area (Å²) in [5, 5.41) is 3.60. The number of aromatic amines is 1. The van der Waals surface area contributed by atoms with Crippen molar-refractivity contribution in [1.29, 1.82) is 0 Å². The number of benzene rings is 2. The average Bonchev–Trinajstić information content (AvgIpc) is 3.04. The summed E-state index contributed by atoms with van der Waals surface area (Å²) in [6.07, 6.45) is 1.46. The van der Waals surface area contributed by atoms with E-state index >= 15 is 0 Å². The molecule has 0 spiro atoms. The molecule has 1 aromatic heterocycles. The number of rotatable bonds is 5. The molecule has 0 atom stereocenters. The number of hydrogen-bond acceptors (Lipinski definition) is 4. The average molecular weight is 371 g/mol. The molecule has 6 nitrogen and oxygen atoms in total. The van der Waals surface area contributed by atoms with Crippen LogP contribution in [0.3, 0.4) is 0 Å². The summed E-state index contributed by atoms with van der Waals surface area (Å²) in [5.41, 5.74) is 1.27. The van der Waals surface area contributed by atoms with E-state index in [9.17, 15) is 14.4 Å². The van der Waals surface area contributed by atoms with Crippen LogP contribution in [-0.2, 0) is 9.53 Å². The van der Waals surface area contributed by atoms with E-state index < -0.39 is 17.7 Å². The van der Waals surface area contributed by atoms with Gasteiger partial charge in [-0.25, -0.2) is 4.79 Å². The highest BCUT2D eigenvalue weighted by Crippen LogP contribution is 2.23. The highest BCUT2D eigenvalue weighted by atomic mass is 35.5. The van der Waals surface area contributed by atoms with Gasteiger partial charge in [-0.1, -0.05) is 29.8 Å². The second-order valence-electron chi connectivity index (χ2n) is 5.44. The minimum atomic E-state index is -0.849. The summed E-state index contributed by atoms with van der Waals surface area (Å²) in [4.78, 5) is 39.8. The molecule has 2 N–H and O–H groups in total. The third kappa shape index (κ3) is 3.45. The zero-order valence-corrected chi connectivity index (χ0v) is 14.6. The predicted molar refractivity (Wildman–Crippen MR) is 98.7 cm³/mol. The van der Waals surface area contributed by atoms with Gasteiger partial charge in [0, 0.05) is 22.1 Å². The van der Waals surface area contributed by atoms with Gasteiger partial charge in [0.2, 0.25) is 0 Å². The number of halogens is 1. The molecule has 132 valence electrons. The molecule has 7 heteroatoms. The Morgan fingerprint density at radius 3 is 2.65 bits per heavy atom. The summed E-state index contributed by atoms with van der Waals surface area (Å²) >= 11 is 5.92. The third-order valence-electron chi connectivity index (χ3n) is 3.77. The summed E-state index contributed by atoms with van der Waals surface area (Å²) in [5.74, 6) is -2.15. The molecule has 0 aliphatic rings. The van der Waals surface area contributed by atoms with Crippen LogP contribution in [0.15, 0.2) is 48.7 Å². The van der Waals surface area contributed by atoms with Crippen molar-refractivity contribution in [3.63, 3.8) is 0 Å². The van der Waals surface area contributed by atoms with Crippen LogP contribution in [0.1, 0.15) is 27.6 Å². The van der Waals surface area contributed by atoms with Crippen molar-refractivity contribution in [3.05, 3.63) is 64.8 Å². The number of aromatic nitrogens is 1. The Bertz CT molecular complexity index is 1010. The van der Waals surface area contributed by atoms with Gasteiger partial charge in [0.05, 0.1) is 23.4 Å². The Morgan fingerprint density at radius 2 is 1.88 bits per heavy atom. The van der Waals surface area contributed by atoms with Crippen LogP contribution in [0.25, 0.3) is 10.9 Å². The van der Waals surface area contributed by atoms with Gasteiger partial charge in [-0.05, 0) is 31.2 Å². The smallest absolute Gasteiger partial charge is 0.340 e. The fourth-order valence-electron chi connectivity index (χ4n) is 2.57. The van der Waals surface area contributed by atoms with E-state index in [1.165, 1.54) is 18.3 Å². The molecule has 0 radical (unpaired) electrons. The van der Waals surface area contributed by atoms with Crippen molar-refractivity contribution in [2.75, 3.05) is 11.9 Å². The molecular weight excluding hydrogens is 356 g/mol. The van der Waals surface area contributed by atoms with E-state index in [4.69, 9.17) is 16.3 Å². The van der Waals surface area contributed by atoms with Crippen LogP contribution in [-0.4, -0.2) is 29.3 Å². The lowest BCUT2D eigenvalue weighted by atomic mass is 10.1. The maximum absolute atomic E-state index is 12.5.